The van der Waals surface area contributed by atoms with Gasteiger partial charge >= 0.3 is 0 Å². The summed E-state index contributed by atoms with van der Waals surface area (Å²) in [5.74, 6) is 1.03. The highest BCUT2D eigenvalue weighted by molar-refractivity contribution is 7.99. The largest absolute Gasteiger partial charge is 0.357 e. The molecule has 0 bridgehead atoms. The highest BCUT2D eigenvalue weighted by Crippen LogP contribution is 2.44. The summed E-state index contributed by atoms with van der Waals surface area (Å²) in [5.41, 5.74) is 4.86. The van der Waals surface area contributed by atoms with Crippen molar-refractivity contribution in [2.24, 2.45) is 0 Å². The van der Waals surface area contributed by atoms with Crippen LogP contribution in [0.1, 0.15) is 30.4 Å². The van der Waals surface area contributed by atoms with E-state index < -0.39 is 0 Å². The number of fused-ring (bicyclic) bond motifs is 3. The topological polar surface area (TPSA) is 58.9 Å². The van der Waals surface area contributed by atoms with Gasteiger partial charge in [-0.05, 0) is 36.3 Å². The van der Waals surface area contributed by atoms with Crippen molar-refractivity contribution in [2.75, 3.05) is 5.75 Å². The number of rotatable bonds is 3. The zero-order valence-corrected chi connectivity index (χ0v) is 13.4. The normalized spacial score (nSPS) is 19.3. The first-order chi connectivity index (χ1) is 10.6. The van der Waals surface area contributed by atoms with Crippen molar-refractivity contribution in [2.45, 2.75) is 25.5 Å². The van der Waals surface area contributed by atoms with Gasteiger partial charge in [0.1, 0.15) is 0 Å². The number of aromatic nitrogens is 1. The molecule has 1 aromatic heterocycles. The SMILES string of the molecule is C/C=C(\C=C(/C)[N+](=O)[O-])C1SCCc2c1[nH]c1ccccc21. The van der Waals surface area contributed by atoms with Gasteiger partial charge in [0.15, 0.2) is 0 Å². The average Bonchev–Trinajstić information content (AvgIpc) is 2.91. The fraction of sp³-hybridized carbons (Fsp3) is 0.294. The van der Waals surface area contributed by atoms with E-state index in [4.69, 9.17) is 0 Å². The number of aryl methyl sites for hydroxylation is 1. The number of nitrogens with zero attached hydrogens (tertiary/aromatic N) is 1. The molecule has 114 valence electrons. The van der Waals surface area contributed by atoms with Crippen molar-refractivity contribution in [3.05, 3.63) is 69.1 Å². The molecule has 0 aliphatic carbocycles. The number of allylic oxidation sites excluding steroid dienone is 3. The molecule has 22 heavy (non-hydrogen) atoms. The highest BCUT2D eigenvalue weighted by atomic mass is 32.2. The van der Waals surface area contributed by atoms with Crippen LogP contribution >= 0.6 is 11.8 Å². The number of hydrogen-bond acceptors (Lipinski definition) is 3. The van der Waals surface area contributed by atoms with E-state index in [2.05, 4.69) is 23.2 Å². The second-order valence-electron chi connectivity index (χ2n) is 5.40. The zero-order chi connectivity index (χ0) is 15.7. The predicted octanol–water partition coefficient (Wildman–Crippen LogP) is 4.63. The van der Waals surface area contributed by atoms with Crippen molar-refractivity contribution >= 4 is 22.7 Å². The van der Waals surface area contributed by atoms with Crippen LogP contribution in [0.3, 0.4) is 0 Å². The highest BCUT2D eigenvalue weighted by Gasteiger charge is 2.27. The number of benzene rings is 1. The Hall–Kier alpha value is -2.01. The molecule has 0 amide bonds. The molecule has 1 aliphatic heterocycles. The molecule has 2 aromatic rings. The van der Waals surface area contributed by atoms with Crippen LogP contribution in [0.5, 0.6) is 0 Å². The summed E-state index contributed by atoms with van der Waals surface area (Å²) in [6.45, 7) is 3.49. The van der Waals surface area contributed by atoms with Crippen molar-refractivity contribution in [1.82, 2.24) is 4.98 Å². The first kappa shape index (κ1) is 14.9. The van der Waals surface area contributed by atoms with Crippen LogP contribution in [0.4, 0.5) is 0 Å². The van der Waals surface area contributed by atoms with E-state index in [-0.39, 0.29) is 15.9 Å². The van der Waals surface area contributed by atoms with Crippen LogP contribution in [0.2, 0.25) is 0 Å². The van der Waals surface area contributed by atoms with Gasteiger partial charge in [-0.25, -0.2) is 0 Å². The maximum absolute atomic E-state index is 10.9. The summed E-state index contributed by atoms with van der Waals surface area (Å²) in [5, 5.41) is 12.3. The number of para-hydroxylation sites is 1. The Balaban J connectivity index is 2.08. The number of hydrogen-bond donors (Lipinski definition) is 1. The molecule has 3 rings (SSSR count). The summed E-state index contributed by atoms with van der Waals surface area (Å²) in [7, 11) is 0. The lowest BCUT2D eigenvalue weighted by Crippen LogP contribution is -2.09. The summed E-state index contributed by atoms with van der Waals surface area (Å²) in [4.78, 5) is 14.1. The van der Waals surface area contributed by atoms with Crippen LogP contribution in [0, 0.1) is 10.1 Å². The first-order valence-corrected chi connectivity index (χ1v) is 8.36. The molecule has 4 nitrogen and oxygen atoms in total. The third kappa shape index (κ3) is 2.57. The average molecular weight is 314 g/mol. The van der Waals surface area contributed by atoms with E-state index in [0.717, 1.165) is 23.3 Å². The molecule has 2 heterocycles. The lowest BCUT2D eigenvalue weighted by molar-refractivity contribution is -0.424. The van der Waals surface area contributed by atoms with Crippen molar-refractivity contribution in [3.63, 3.8) is 0 Å². The smallest absolute Gasteiger partial charge is 0.243 e. The molecule has 0 saturated heterocycles. The second-order valence-corrected chi connectivity index (χ2v) is 6.61. The summed E-state index contributed by atoms with van der Waals surface area (Å²) in [6.07, 6.45) is 4.71. The van der Waals surface area contributed by atoms with Gasteiger partial charge in [-0.2, -0.15) is 0 Å². The third-order valence-electron chi connectivity index (χ3n) is 4.05. The van der Waals surface area contributed by atoms with Crippen molar-refractivity contribution in [1.29, 1.82) is 0 Å². The number of aromatic amines is 1. The van der Waals surface area contributed by atoms with Crippen molar-refractivity contribution < 1.29 is 4.92 Å². The predicted molar refractivity (Wildman–Crippen MR) is 91.7 cm³/mol. The summed E-state index contributed by atoms with van der Waals surface area (Å²) >= 11 is 1.84. The molecule has 1 N–H and O–H groups in total. The van der Waals surface area contributed by atoms with Crippen LogP contribution in [0.15, 0.2) is 47.7 Å². The molecule has 1 aromatic carbocycles. The van der Waals surface area contributed by atoms with Gasteiger partial charge in [0, 0.05) is 29.6 Å². The van der Waals surface area contributed by atoms with Gasteiger partial charge in [-0.3, -0.25) is 10.1 Å². The molecule has 0 spiro atoms. The minimum absolute atomic E-state index is 0.135. The monoisotopic (exact) mass is 314 g/mol. The molecule has 0 radical (unpaired) electrons. The fourth-order valence-electron chi connectivity index (χ4n) is 2.94. The first-order valence-electron chi connectivity index (χ1n) is 7.31. The lowest BCUT2D eigenvalue weighted by atomic mass is 10.0. The fourth-order valence-corrected chi connectivity index (χ4v) is 4.27. The minimum Gasteiger partial charge on any atom is -0.357 e. The second kappa shape index (κ2) is 6.01. The van der Waals surface area contributed by atoms with E-state index in [1.54, 1.807) is 13.0 Å². The van der Waals surface area contributed by atoms with Crippen LogP contribution in [-0.2, 0) is 6.42 Å². The van der Waals surface area contributed by atoms with Crippen molar-refractivity contribution in [3.8, 4) is 0 Å². The Kier molecular flexibility index (Phi) is 4.07. The van der Waals surface area contributed by atoms with Gasteiger partial charge in [-0.1, -0.05) is 24.3 Å². The Labute approximate surface area is 133 Å². The van der Waals surface area contributed by atoms with E-state index >= 15 is 0 Å². The number of nitro groups is 1. The van der Waals surface area contributed by atoms with Gasteiger partial charge in [-0.15, -0.1) is 11.8 Å². The van der Waals surface area contributed by atoms with Gasteiger partial charge in [0.05, 0.1) is 10.2 Å². The standard InChI is InChI=1S/C17H18N2O2S/c1-3-12(10-11(2)19(20)21)17-16-14(8-9-22-17)13-6-4-5-7-15(13)18-16/h3-7,10,17-18H,8-9H2,1-2H3/b11-10+,12-3+. The Morgan fingerprint density at radius 1 is 1.45 bits per heavy atom. The Morgan fingerprint density at radius 2 is 2.23 bits per heavy atom. The Morgan fingerprint density at radius 3 is 2.95 bits per heavy atom. The van der Waals surface area contributed by atoms with Gasteiger partial charge in [0.25, 0.3) is 0 Å². The zero-order valence-electron chi connectivity index (χ0n) is 12.6. The summed E-state index contributed by atoms with van der Waals surface area (Å²) in [6, 6.07) is 8.31. The molecular weight excluding hydrogens is 296 g/mol. The van der Waals surface area contributed by atoms with Gasteiger partial charge in [0.2, 0.25) is 5.70 Å². The van der Waals surface area contributed by atoms with E-state index in [9.17, 15) is 10.1 Å². The van der Waals surface area contributed by atoms with E-state index in [1.165, 1.54) is 16.6 Å². The molecule has 0 saturated carbocycles. The molecule has 1 unspecified atom stereocenters. The molecule has 5 heteroatoms. The maximum Gasteiger partial charge on any atom is 0.243 e. The molecule has 1 aliphatic rings. The minimum atomic E-state index is -0.330. The number of thioether (sulfide) groups is 1. The lowest BCUT2D eigenvalue weighted by Gasteiger charge is -2.23. The molecular formula is C17H18N2O2S. The molecule has 0 fully saturated rings. The third-order valence-corrected chi connectivity index (χ3v) is 5.33. The van der Waals surface area contributed by atoms with Crippen LogP contribution in [0.25, 0.3) is 10.9 Å². The van der Waals surface area contributed by atoms with E-state index in [1.807, 2.05) is 30.8 Å². The number of nitrogens with one attached hydrogen (secondary N) is 1. The number of H-pyrrole nitrogens is 1. The maximum atomic E-state index is 10.9. The quantitative estimate of drug-likeness (QED) is 0.510. The van der Waals surface area contributed by atoms with Gasteiger partial charge < -0.3 is 4.98 Å². The summed E-state index contributed by atoms with van der Waals surface area (Å²) < 4.78 is 0. The van der Waals surface area contributed by atoms with Crippen LogP contribution in [-0.4, -0.2) is 15.7 Å². The Bertz CT molecular complexity index is 789. The van der Waals surface area contributed by atoms with Crippen LogP contribution < -0.4 is 0 Å². The van der Waals surface area contributed by atoms with E-state index in [0.29, 0.717) is 0 Å². The molecule has 1 atom stereocenters.